The fraction of sp³-hybridized carbons (Fsp3) is 1.00. The number of nitrogens with one attached hydrogen (secondary N) is 3. The first kappa shape index (κ1) is 24.1. The lowest BCUT2D eigenvalue weighted by Gasteiger charge is -2.50. The van der Waals surface area contributed by atoms with Crippen molar-refractivity contribution in [1.29, 1.82) is 0 Å². The van der Waals surface area contributed by atoms with Gasteiger partial charge in [-0.3, -0.25) is 15.6 Å². The van der Waals surface area contributed by atoms with Gasteiger partial charge in [-0.25, -0.2) is 5.01 Å². The van der Waals surface area contributed by atoms with E-state index < -0.39 is 0 Å². The lowest BCUT2D eigenvalue weighted by Crippen LogP contribution is -2.61. The summed E-state index contributed by atoms with van der Waals surface area (Å²) < 4.78 is 6.11. The number of hydrogen-bond acceptors (Lipinski definition) is 7. The molecule has 6 aliphatic rings. The number of fused-ring (bicyclic) bond motifs is 1. The molecule has 34 heavy (non-hydrogen) atoms. The molecule has 0 amide bonds. The fourth-order valence-corrected chi connectivity index (χ4v) is 8.30. The third-order valence-electron chi connectivity index (χ3n) is 10.0. The highest BCUT2D eigenvalue weighted by Crippen LogP contribution is 2.39. The highest BCUT2D eigenvalue weighted by molar-refractivity contribution is 5.00. The van der Waals surface area contributed by atoms with Gasteiger partial charge < -0.3 is 15.0 Å². The molecule has 0 aromatic heterocycles. The fourth-order valence-electron chi connectivity index (χ4n) is 8.30. The topological polar surface area (TPSA) is 55.0 Å². The van der Waals surface area contributed by atoms with Crippen LogP contribution in [0.15, 0.2) is 0 Å². The Labute approximate surface area is 207 Å². The van der Waals surface area contributed by atoms with Crippen LogP contribution < -0.4 is 16.1 Å². The van der Waals surface area contributed by atoms with E-state index in [9.17, 15) is 0 Å². The Morgan fingerprint density at radius 2 is 1.68 bits per heavy atom. The Morgan fingerprint density at radius 3 is 2.56 bits per heavy atom. The van der Waals surface area contributed by atoms with E-state index in [-0.39, 0.29) is 0 Å². The van der Waals surface area contributed by atoms with Gasteiger partial charge in [0.05, 0.1) is 6.61 Å². The number of hydrazine groups is 1. The van der Waals surface area contributed by atoms with Gasteiger partial charge in [-0.1, -0.05) is 19.3 Å². The van der Waals surface area contributed by atoms with Gasteiger partial charge >= 0.3 is 0 Å². The zero-order valence-electron chi connectivity index (χ0n) is 21.4. The maximum absolute atomic E-state index is 6.11. The van der Waals surface area contributed by atoms with Crippen molar-refractivity contribution in [3.63, 3.8) is 0 Å². The van der Waals surface area contributed by atoms with Gasteiger partial charge in [0, 0.05) is 62.8 Å². The summed E-state index contributed by atoms with van der Waals surface area (Å²) in [6, 6.07) is 2.83. The molecule has 6 fully saturated rings. The molecule has 2 aliphatic carbocycles. The summed E-state index contributed by atoms with van der Waals surface area (Å²) in [5.41, 5.74) is 3.92. The van der Waals surface area contributed by atoms with Crippen molar-refractivity contribution in [3.8, 4) is 0 Å². The van der Waals surface area contributed by atoms with Crippen molar-refractivity contribution in [2.75, 3.05) is 59.0 Å². The summed E-state index contributed by atoms with van der Waals surface area (Å²) in [7, 11) is 0. The lowest BCUT2D eigenvalue weighted by molar-refractivity contribution is -0.0213. The zero-order chi connectivity index (χ0) is 22.7. The number of hydrogen-bond donors (Lipinski definition) is 3. The SMILES string of the molecule is C1CCC(N2CCC(CN3CCCN(C4CC(C5NCCO5)CC5CCCNC54)CC3)N2)CC1. The molecule has 6 atom stereocenters. The Morgan fingerprint density at radius 1 is 0.735 bits per heavy atom. The predicted molar refractivity (Wildman–Crippen MR) is 137 cm³/mol. The molecular formula is C27H50N6O. The van der Waals surface area contributed by atoms with E-state index >= 15 is 0 Å². The van der Waals surface area contributed by atoms with E-state index in [1.165, 1.54) is 116 Å². The summed E-state index contributed by atoms with van der Waals surface area (Å²) in [6.07, 6.45) is 15.4. The van der Waals surface area contributed by atoms with Crippen molar-refractivity contribution in [2.45, 2.75) is 101 Å². The Bertz CT molecular complexity index is 639. The predicted octanol–water partition coefficient (Wildman–Crippen LogP) is 2.00. The van der Waals surface area contributed by atoms with E-state index in [4.69, 9.17) is 4.74 Å². The molecule has 0 spiro atoms. The van der Waals surface area contributed by atoms with E-state index in [1.807, 2.05) is 0 Å². The summed E-state index contributed by atoms with van der Waals surface area (Å²) in [5.74, 6) is 1.51. The Hall–Kier alpha value is -0.280. The van der Waals surface area contributed by atoms with Crippen LogP contribution in [-0.4, -0.2) is 104 Å². The van der Waals surface area contributed by atoms with Crippen LogP contribution in [-0.2, 0) is 4.74 Å². The standard InChI is InChI=1S/C27H50N6O/c1-2-7-24(8-3-1)33-14-9-23(30-33)20-31-12-5-13-32(16-15-31)25-19-22(27-29-11-17-34-27)18-21-6-4-10-28-26(21)25/h21-30H,1-20H2. The average molecular weight is 475 g/mol. The molecule has 3 N–H and O–H groups in total. The van der Waals surface area contributed by atoms with Crippen molar-refractivity contribution in [1.82, 2.24) is 30.9 Å². The van der Waals surface area contributed by atoms with Gasteiger partial charge in [-0.05, 0) is 76.9 Å². The molecule has 0 radical (unpaired) electrons. The third-order valence-corrected chi connectivity index (χ3v) is 10.0. The van der Waals surface area contributed by atoms with E-state index in [1.54, 1.807) is 0 Å². The van der Waals surface area contributed by atoms with E-state index in [0.29, 0.717) is 30.3 Å². The lowest BCUT2D eigenvalue weighted by atomic mass is 9.70. The molecule has 2 saturated carbocycles. The van der Waals surface area contributed by atoms with Gasteiger partial charge in [0.15, 0.2) is 0 Å². The molecule has 4 heterocycles. The molecule has 194 valence electrons. The molecule has 0 aromatic rings. The number of piperidine rings is 1. The first-order chi connectivity index (χ1) is 16.8. The number of rotatable bonds is 5. The molecule has 6 rings (SSSR count). The molecule has 4 saturated heterocycles. The maximum Gasteiger partial charge on any atom is 0.111 e. The second-order valence-corrected chi connectivity index (χ2v) is 12.2. The average Bonchev–Trinajstić information content (AvgIpc) is 3.54. The molecule has 6 unspecified atom stereocenters. The van der Waals surface area contributed by atoms with Gasteiger partial charge in [0.25, 0.3) is 0 Å². The number of nitrogens with zero attached hydrogens (tertiary/aromatic N) is 3. The molecule has 4 aliphatic heterocycles. The quantitative estimate of drug-likeness (QED) is 0.564. The van der Waals surface area contributed by atoms with Crippen molar-refractivity contribution < 1.29 is 4.74 Å². The van der Waals surface area contributed by atoms with Crippen molar-refractivity contribution in [3.05, 3.63) is 0 Å². The minimum atomic E-state index is 0.300. The molecule has 0 aromatic carbocycles. The molecule has 0 bridgehead atoms. The molecule has 7 heteroatoms. The van der Waals surface area contributed by atoms with Gasteiger partial charge in [-0.2, -0.15) is 0 Å². The minimum absolute atomic E-state index is 0.300. The number of ether oxygens (including phenoxy) is 1. The van der Waals surface area contributed by atoms with Gasteiger partial charge in [0.2, 0.25) is 0 Å². The van der Waals surface area contributed by atoms with Crippen LogP contribution in [0.3, 0.4) is 0 Å². The monoisotopic (exact) mass is 474 g/mol. The summed E-state index contributed by atoms with van der Waals surface area (Å²) in [6.45, 7) is 10.6. The van der Waals surface area contributed by atoms with Crippen LogP contribution in [0.2, 0.25) is 0 Å². The van der Waals surface area contributed by atoms with Crippen LogP contribution >= 0.6 is 0 Å². The second kappa shape index (κ2) is 11.4. The third kappa shape index (κ3) is 5.51. The highest BCUT2D eigenvalue weighted by Gasteiger charge is 2.44. The first-order valence-corrected chi connectivity index (χ1v) is 14.9. The van der Waals surface area contributed by atoms with Crippen molar-refractivity contribution in [2.24, 2.45) is 11.8 Å². The van der Waals surface area contributed by atoms with E-state index in [0.717, 1.165) is 25.1 Å². The first-order valence-electron chi connectivity index (χ1n) is 14.9. The van der Waals surface area contributed by atoms with Crippen LogP contribution in [0.4, 0.5) is 0 Å². The Balaban J connectivity index is 1.03. The van der Waals surface area contributed by atoms with Crippen molar-refractivity contribution >= 4 is 0 Å². The zero-order valence-corrected chi connectivity index (χ0v) is 21.4. The smallest absolute Gasteiger partial charge is 0.111 e. The summed E-state index contributed by atoms with van der Waals surface area (Å²) in [5, 5.41) is 10.2. The van der Waals surface area contributed by atoms with Crippen LogP contribution in [0.1, 0.15) is 70.6 Å². The van der Waals surface area contributed by atoms with Crippen LogP contribution in [0.5, 0.6) is 0 Å². The maximum atomic E-state index is 6.11. The summed E-state index contributed by atoms with van der Waals surface area (Å²) in [4.78, 5) is 5.66. The normalized spacial score (nSPS) is 42.0. The minimum Gasteiger partial charge on any atom is -0.362 e. The molecule has 7 nitrogen and oxygen atoms in total. The highest BCUT2D eigenvalue weighted by atomic mass is 16.5. The van der Waals surface area contributed by atoms with Crippen LogP contribution in [0, 0.1) is 11.8 Å². The van der Waals surface area contributed by atoms with Gasteiger partial charge in [-0.15, -0.1) is 0 Å². The van der Waals surface area contributed by atoms with Crippen LogP contribution in [0.25, 0.3) is 0 Å². The van der Waals surface area contributed by atoms with Gasteiger partial charge in [0.1, 0.15) is 6.23 Å². The largest absolute Gasteiger partial charge is 0.362 e. The van der Waals surface area contributed by atoms with E-state index in [2.05, 4.69) is 30.9 Å². The second-order valence-electron chi connectivity index (χ2n) is 12.2. The summed E-state index contributed by atoms with van der Waals surface area (Å²) >= 11 is 0. The Kier molecular flexibility index (Phi) is 8.08. The molecular weight excluding hydrogens is 424 g/mol.